The number of halogens is 3. The highest BCUT2D eigenvalue weighted by Crippen LogP contribution is 2.57. The van der Waals surface area contributed by atoms with Gasteiger partial charge in [-0.15, -0.1) is 0 Å². The Kier molecular flexibility index (Phi) is 2.40. The van der Waals surface area contributed by atoms with Gasteiger partial charge in [-0.25, -0.2) is 0 Å². The maximum atomic E-state index is 12.2. The summed E-state index contributed by atoms with van der Waals surface area (Å²) in [5, 5.41) is 0. The van der Waals surface area contributed by atoms with Crippen LogP contribution in [0.4, 0.5) is 13.2 Å². The normalized spacial score (nSPS) is 34.5. The van der Waals surface area contributed by atoms with Crippen LogP contribution < -0.4 is 0 Å². The molecule has 0 aromatic carbocycles. The topological polar surface area (TPSA) is 17.1 Å². The molecule has 2 unspecified atom stereocenters. The van der Waals surface area contributed by atoms with E-state index in [1.165, 1.54) is 0 Å². The fourth-order valence-corrected chi connectivity index (χ4v) is 2.72. The fourth-order valence-electron chi connectivity index (χ4n) is 2.72. The van der Waals surface area contributed by atoms with E-state index in [9.17, 15) is 18.0 Å². The minimum Gasteiger partial charge on any atom is -0.294 e. The number of carbonyl (C=O) groups is 1. The van der Waals surface area contributed by atoms with E-state index in [1.807, 2.05) is 0 Å². The zero-order valence-electron chi connectivity index (χ0n) is 8.31. The van der Waals surface area contributed by atoms with Gasteiger partial charge in [-0.3, -0.25) is 4.79 Å². The summed E-state index contributed by atoms with van der Waals surface area (Å²) in [7, 11) is 0. The maximum Gasteiger partial charge on any atom is 0.419 e. The third-order valence-electron chi connectivity index (χ3n) is 3.60. The molecule has 2 aliphatic rings. The van der Waals surface area contributed by atoms with E-state index < -0.39 is 17.5 Å². The zero-order chi connectivity index (χ0) is 11.2. The van der Waals surface area contributed by atoms with Gasteiger partial charge in [-0.2, -0.15) is 13.2 Å². The quantitative estimate of drug-likeness (QED) is 0.651. The molecule has 2 saturated carbocycles. The first-order valence-corrected chi connectivity index (χ1v) is 5.23. The Morgan fingerprint density at radius 2 is 1.60 bits per heavy atom. The Morgan fingerprint density at radius 3 is 2.00 bits per heavy atom. The molecule has 1 nitrogen and oxygen atoms in total. The van der Waals surface area contributed by atoms with Gasteiger partial charge in [0.2, 0.25) is 0 Å². The van der Waals surface area contributed by atoms with Gasteiger partial charge < -0.3 is 0 Å². The molecular weight excluding hydrogens is 205 g/mol. The lowest BCUT2D eigenvalue weighted by atomic mass is 10.0. The summed E-state index contributed by atoms with van der Waals surface area (Å²) in [6.45, 7) is 2.87. The van der Waals surface area contributed by atoms with Crippen LogP contribution in [0.25, 0.3) is 0 Å². The van der Waals surface area contributed by atoms with Gasteiger partial charge in [0.25, 0.3) is 0 Å². The van der Waals surface area contributed by atoms with Gasteiger partial charge >= 0.3 is 6.18 Å². The largest absolute Gasteiger partial charge is 0.419 e. The SMILES string of the molecule is C=C(C(=O)C1C2CCCCC21)C(F)(F)F. The van der Waals surface area contributed by atoms with Crippen LogP contribution in [0.15, 0.2) is 12.2 Å². The summed E-state index contributed by atoms with van der Waals surface area (Å²) in [6, 6.07) is 0. The number of ketones is 1. The third-order valence-corrected chi connectivity index (χ3v) is 3.60. The molecule has 2 aliphatic carbocycles. The third kappa shape index (κ3) is 1.82. The van der Waals surface area contributed by atoms with Gasteiger partial charge in [-0.1, -0.05) is 19.4 Å². The van der Waals surface area contributed by atoms with Crippen LogP contribution in [-0.2, 0) is 4.79 Å². The van der Waals surface area contributed by atoms with E-state index in [0.29, 0.717) is 0 Å². The molecule has 0 aromatic heterocycles. The summed E-state index contributed by atoms with van der Waals surface area (Å²) < 4.78 is 36.7. The number of fused-ring (bicyclic) bond motifs is 1. The lowest BCUT2D eigenvalue weighted by molar-refractivity contribution is -0.130. The second-order valence-electron chi connectivity index (χ2n) is 4.48. The molecule has 2 rings (SSSR count). The van der Waals surface area contributed by atoms with Crippen LogP contribution >= 0.6 is 0 Å². The van der Waals surface area contributed by atoms with Crippen LogP contribution in [0.2, 0.25) is 0 Å². The standard InChI is InChI=1S/C11H13F3O/c1-6(11(12,13)14)10(15)9-7-4-2-3-5-8(7)9/h7-9H,1-5H2. The van der Waals surface area contributed by atoms with Crippen molar-refractivity contribution in [2.24, 2.45) is 17.8 Å². The van der Waals surface area contributed by atoms with Crippen molar-refractivity contribution in [3.63, 3.8) is 0 Å². The van der Waals surface area contributed by atoms with E-state index in [1.54, 1.807) is 0 Å². The zero-order valence-corrected chi connectivity index (χ0v) is 8.31. The molecule has 4 heteroatoms. The van der Waals surface area contributed by atoms with Crippen LogP contribution in [0.1, 0.15) is 25.7 Å². The van der Waals surface area contributed by atoms with Crippen LogP contribution in [0.3, 0.4) is 0 Å². The highest BCUT2D eigenvalue weighted by Gasteiger charge is 2.57. The first kappa shape index (κ1) is 10.7. The number of Topliss-reactive ketones (excluding diaryl/α,β-unsaturated/α-hetero) is 1. The number of allylic oxidation sites excluding steroid dienone is 1. The lowest BCUT2D eigenvalue weighted by Gasteiger charge is -2.08. The molecule has 2 atom stereocenters. The second kappa shape index (κ2) is 3.35. The Hall–Kier alpha value is -0.800. The highest BCUT2D eigenvalue weighted by molar-refractivity contribution is 6.00. The minimum atomic E-state index is -4.55. The summed E-state index contributed by atoms with van der Waals surface area (Å²) in [5.41, 5.74) is -1.16. The van der Waals surface area contributed by atoms with E-state index >= 15 is 0 Å². The van der Waals surface area contributed by atoms with Gasteiger partial charge in [0.1, 0.15) is 0 Å². The number of carbonyl (C=O) groups excluding carboxylic acids is 1. The van der Waals surface area contributed by atoms with E-state index in [0.717, 1.165) is 25.7 Å². The van der Waals surface area contributed by atoms with Crippen molar-refractivity contribution in [2.45, 2.75) is 31.9 Å². The molecule has 2 fully saturated rings. The van der Waals surface area contributed by atoms with E-state index in [-0.39, 0.29) is 17.8 Å². The monoisotopic (exact) mass is 218 g/mol. The van der Waals surface area contributed by atoms with Crippen LogP contribution in [0, 0.1) is 17.8 Å². The minimum absolute atomic E-state index is 0.213. The molecule has 0 heterocycles. The summed E-state index contributed by atoms with van der Waals surface area (Å²) in [5.74, 6) is -0.711. The van der Waals surface area contributed by atoms with Crippen molar-refractivity contribution in [3.8, 4) is 0 Å². The number of alkyl halides is 3. The van der Waals surface area contributed by atoms with E-state index in [2.05, 4.69) is 6.58 Å². The Morgan fingerprint density at radius 1 is 1.13 bits per heavy atom. The smallest absolute Gasteiger partial charge is 0.294 e. The Balaban J connectivity index is 2.02. The highest BCUT2D eigenvalue weighted by atomic mass is 19.4. The van der Waals surface area contributed by atoms with Crippen LogP contribution in [-0.4, -0.2) is 12.0 Å². The van der Waals surface area contributed by atoms with Gasteiger partial charge in [-0.05, 0) is 24.7 Å². The van der Waals surface area contributed by atoms with Crippen molar-refractivity contribution in [1.29, 1.82) is 0 Å². The van der Waals surface area contributed by atoms with E-state index in [4.69, 9.17) is 0 Å². The van der Waals surface area contributed by atoms with Crippen molar-refractivity contribution >= 4 is 5.78 Å². The van der Waals surface area contributed by atoms with Gasteiger partial charge in [0.05, 0.1) is 5.57 Å². The fraction of sp³-hybridized carbons (Fsp3) is 0.727. The predicted octanol–water partition coefficient (Wildman–Crippen LogP) is 3.11. The molecule has 0 saturated heterocycles. The molecule has 0 radical (unpaired) electrons. The van der Waals surface area contributed by atoms with Crippen molar-refractivity contribution in [3.05, 3.63) is 12.2 Å². The summed E-state index contributed by atoms with van der Waals surface area (Å²) in [6.07, 6.45) is -0.645. The molecular formula is C11H13F3O. The molecule has 84 valence electrons. The average Bonchev–Trinajstić information content (AvgIpc) is 2.88. The molecule has 0 N–H and O–H groups in total. The molecule has 0 spiro atoms. The second-order valence-corrected chi connectivity index (χ2v) is 4.48. The van der Waals surface area contributed by atoms with Gasteiger partial charge in [0, 0.05) is 5.92 Å². The number of hydrogen-bond acceptors (Lipinski definition) is 1. The molecule has 0 bridgehead atoms. The van der Waals surface area contributed by atoms with Crippen molar-refractivity contribution in [2.75, 3.05) is 0 Å². The summed E-state index contributed by atoms with van der Waals surface area (Å²) in [4.78, 5) is 11.5. The molecule has 0 aromatic rings. The van der Waals surface area contributed by atoms with Crippen molar-refractivity contribution in [1.82, 2.24) is 0 Å². The predicted molar refractivity (Wildman–Crippen MR) is 49.1 cm³/mol. The Bertz CT molecular complexity index is 293. The summed E-state index contributed by atoms with van der Waals surface area (Å²) >= 11 is 0. The lowest BCUT2D eigenvalue weighted by Crippen LogP contribution is -2.21. The van der Waals surface area contributed by atoms with Crippen LogP contribution in [0.5, 0.6) is 0 Å². The number of hydrogen-bond donors (Lipinski definition) is 0. The molecule has 0 aliphatic heterocycles. The molecule has 15 heavy (non-hydrogen) atoms. The van der Waals surface area contributed by atoms with Crippen molar-refractivity contribution < 1.29 is 18.0 Å². The van der Waals surface area contributed by atoms with Gasteiger partial charge in [0.15, 0.2) is 5.78 Å². The maximum absolute atomic E-state index is 12.2. The number of rotatable bonds is 2. The first-order valence-electron chi connectivity index (χ1n) is 5.23. The first-order chi connectivity index (χ1) is 6.93. The Labute approximate surface area is 86.3 Å². The average molecular weight is 218 g/mol. The molecule has 0 amide bonds.